The van der Waals surface area contributed by atoms with Gasteiger partial charge in [0.05, 0.1) is 5.52 Å². The standard InChI is InChI=1S/C15H13BrClN3/c1-9-7-12(17)4-3-11(9)8-20-10(2)18-15-13(20)5-6-14(16)19-15/h3-7H,8H2,1-2H3. The van der Waals surface area contributed by atoms with Crippen LogP contribution in [0.5, 0.6) is 0 Å². The molecule has 0 spiro atoms. The van der Waals surface area contributed by atoms with Crippen molar-refractivity contribution in [2.45, 2.75) is 20.4 Å². The number of halogens is 2. The highest BCUT2D eigenvalue weighted by molar-refractivity contribution is 9.10. The van der Waals surface area contributed by atoms with Gasteiger partial charge in [-0.2, -0.15) is 0 Å². The molecule has 0 saturated heterocycles. The summed E-state index contributed by atoms with van der Waals surface area (Å²) >= 11 is 9.39. The topological polar surface area (TPSA) is 30.7 Å². The van der Waals surface area contributed by atoms with E-state index in [-0.39, 0.29) is 0 Å². The average Bonchev–Trinajstić information content (AvgIpc) is 2.68. The Morgan fingerprint density at radius 1 is 1.15 bits per heavy atom. The number of fused-ring (bicyclic) bond motifs is 1. The van der Waals surface area contributed by atoms with E-state index in [0.29, 0.717) is 0 Å². The molecule has 0 aliphatic heterocycles. The van der Waals surface area contributed by atoms with Crippen LogP contribution in [-0.2, 0) is 6.54 Å². The van der Waals surface area contributed by atoms with Crippen molar-refractivity contribution >= 4 is 38.7 Å². The molecule has 0 radical (unpaired) electrons. The van der Waals surface area contributed by atoms with Crippen molar-refractivity contribution in [1.82, 2.24) is 14.5 Å². The van der Waals surface area contributed by atoms with E-state index < -0.39 is 0 Å². The number of hydrogen-bond acceptors (Lipinski definition) is 2. The molecule has 3 nitrogen and oxygen atoms in total. The second-order valence-electron chi connectivity index (χ2n) is 4.79. The Labute approximate surface area is 130 Å². The molecule has 0 unspecified atom stereocenters. The van der Waals surface area contributed by atoms with Crippen molar-refractivity contribution in [2.75, 3.05) is 0 Å². The Morgan fingerprint density at radius 2 is 1.95 bits per heavy atom. The van der Waals surface area contributed by atoms with Gasteiger partial charge in [0.25, 0.3) is 0 Å². The molecule has 0 N–H and O–H groups in total. The number of aryl methyl sites for hydroxylation is 2. The lowest BCUT2D eigenvalue weighted by Crippen LogP contribution is -2.03. The molecule has 0 fully saturated rings. The number of imidazole rings is 1. The van der Waals surface area contributed by atoms with Crippen molar-refractivity contribution in [3.8, 4) is 0 Å². The first-order chi connectivity index (χ1) is 9.54. The second kappa shape index (κ2) is 5.19. The molecule has 0 aliphatic carbocycles. The van der Waals surface area contributed by atoms with Crippen molar-refractivity contribution < 1.29 is 0 Å². The first kappa shape index (κ1) is 13.6. The lowest BCUT2D eigenvalue weighted by molar-refractivity contribution is 0.781. The summed E-state index contributed by atoms with van der Waals surface area (Å²) in [5, 5.41) is 0.768. The number of benzene rings is 1. The van der Waals surface area contributed by atoms with Gasteiger partial charge in [-0.15, -0.1) is 0 Å². The van der Waals surface area contributed by atoms with Gasteiger partial charge in [0.1, 0.15) is 10.4 Å². The highest BCUT2D eigenvalue weighted by Crippen LogP contribution is 2.21. The van der Waals surface area contributed by atoms with E-state index in [1.807, 2.05) is 31.2 Å². The van der Waals surface area contributed by atoms with Crippen LogP contribution < -0.4 is 0 Å². The first-order valence-electron chi connectivity index (χ1n) is 6.29. The molecular formula is C15H13BrClN3. The SMILES string of the molecule is Cc1cc(Cl)ccc1Cn1c(C)nc2nc(Br)ccc21. The highest BCUT2D eigenvalue weighted by Gasteiger charge is 2.10. The van der Waals surface area contributed by atoms with E-state index in [0.717, 1.165) is 33.2 Å². The molecule has 2 heterocycles. The van der Waals surface area contributed by atoms with Gasteiger partial charge in [-0.3, -0.25) is 0 Å². The minimum Gasteiger partial charge on any atom is -0.322 e. The van der Waals surface area contributed by atoms with E-state index in [1.54, 1.807) is 0 Å². The summed E-state index contributed by atoms with van der Waals surface area (Å²) in [7, 11) is 0. The first-order valence-corrected chi connectivity index (χ1v) is 7.46. The minimum atomic E-state index is 0.767. The van der Waals surface area contributed by atoms with Gasteiger partial charge < -0.3 is 4.57 Å². The van der Waals surface area contributed by atoms with E-state index in [4.69, 9.17) is 11.6 Å². The second-order valence-corrected chi connectivity index (χ2v) is 6.04. The fraction of sp³-hybridized carbons (Fsp3) is 0.200. The minimum absolute atomic E-state index is 0.767. The maximum atomic E-state index is 6.01. The van der Waals surface area contributed by atoms with Gasteiger partial charge in [-0.05, 0) is 65.2 Å². The molecular weight excluding hydrogens is 338 g/mol. The summed E-state index contributed by atoms with van der Waals surface area (Å²) in [4.78, 5) is 8.91. The monoisotopic (exact) mass is 349 g/mol. The van der Waals surface area contributed by atoms with Crippen LogP contribution in [0.3, 0.4) is 0 Å². The molecule has 2 aromatic heterocycles. The Bertz CT molecular complexity index is 795. The summed E-state index contributed by atoms with van der Waals surface area (Å²) in [5.41, 5.74) is 4.23. The molecule has 20 heavy (non-hydrogen) atoms. The Hall–Kier alpha value is -1.39. The van der Waals surface area contributed by atoms with E-state index in [1.165, 1.54) is 11.1 Å². The molecule has 102 valence electrons. The summed E-state index contributed by atoms with van der Waals surface area (Å²) in [6.07, 6.45) is 0. The number of aromatic nitrogens is 3. The van der Waals surface area contributed by atoms with Gasteiger partial charge in [0.15, 0.2) is 5.65 Å². The molecule has 1 aromatic carbocycles. The van der Waals surface area contributed by atoms with Crippen LogP contribution in [0.2, 0.25) is 5.02 Å². The van der Waals surface area contributed by atoms with E-state index >= 15 is 0 Å². The zero-order valence-corrected chi connectivity index (χ0v) is 13.5. The Morgan fingerprint density at radius 3 is 2.70 bits per heavy atom. The van der Waals surface area contributed by atoms with Gasteiger partial charge >= 0.3 is 0 Å². The molecule has 0 atom stereocenters. The third kappa shape index (κ3) is 2.45. The quantitative estimate of drug-likeness (QED) is 0.637. The zero-order chi connectivity index (χ0) is 14.3. The molecule has 0 amide bonds. The molecule has 3 aromatic rings. The van der Waals surface area contributed by atoms with Gasteiger partial charge in [-0.25, -0.2) is 9.97 Å². The Kier molecular flexibility index (Phi) is 3.52. The highest BCUT2D eigenvalue weighted by atomic mass is 79.9. The van der Waals surface area contributed by atoms with E-state index in [9.17, 15) is 0 Å². The van der Waals surface area contributed by atoms with Crippen LogP contribution in [-0.4, -0.2) is 14.5 Å². The van der Waals surface area contributed by atoms with Crippen molar-refractivity contribution in [3.05, 3.63) is 56.9 Å². The fourth-order valence-electron chi connectivity index (χ4n) is 2.31. The summed E-state index contributed by atoms with van der Waals surface area (Å²) in [6.45, 7) is 4.85. The summed E-state index contributed by atoms with van der Waals surface area (Å²) in [6, 6.07) is 9.95. The van der Waals surface area contributed by atoms with Gasteiger partial charge in [0, 0.05) is 11.6 Å². The molecule has 3 rings (SSSR count). The molecule has 5 heteroatoms. The van der Waals surface area contributed by atoms with Crippen LogP contribution in [0.15, 0.2) is 34.9 Å². The maximum Gasteiger partial charge on any atom is 0.178 e. The number of rotatable bonds is 2. The molecule has 0 aliphatic rings. The molecule has 0 saturated carbocycles. The molecule has 0 bridgehead atoms. The lowest BCUT2D eigenvalue weighted by Gasteiger charge is -2.10. The van der Waals surface area contributed by atoms with Crippen LogP contribution in [0.4, 0.5) is 0 Å². The van der Waals surface area contributed by atoms with Crippen LogP contribution in [0.1, 0.15) is 17.0 Å². The Balaban J connectivity index is 2.08. The number of pyridine rings is 1. The van der Waals surface area contributed by atoms with E-state index in [2.05, 4.69) is 43.5 Å². The number of hydrogen-bond donors (Lipinski definition) is 0. The zero-order valence-electron chi connectivity index (χ0n) is 11.2. The third-order valence-electron chi connectivity index (χ3n) is 3.40. The fourth-order valence-corrected chi connectivity index (χ4v) is 2.83. The van der Waals surface area contributed by atoms with Crippen LogP contribution in [0, 0.1) is 13.8 Å². The predicted molar refractivity (Wildman–Crippen MR) is 85.3 cm³/mol. The van der Waals surface area contributed by atoms with Crippen molar-refractivity contribution in [2.24, 2.45) is 0 Å². The van der Waals surface area contributed by atoms with Crippen molar-refractivity contribution in [3.63, 3.8) is 0 Å². The lowest BCUT2D eigenvalue weighted by atomic mass is 10.1. The van der Waals surface area contributed by atoms with Crippen LogP contribution >= 0.6 is 27.5 Å². The largest absolute Gasteiger partial charge is 0.322 e. The normalized spacial score (nSPS) is 11.2. The number of nitrogens with zero attached hydrogens (tertiary/aromatic N) is 3. The van der Waals surface area contributed by atoms with Gasteiger partial charge in [0.2, 0.25) is 0 Å². The summed E-state index contributed by atoms with van der Waals surface area (Å²) < 4.78 is 2.97. The average molecular weight is 351 g/mol. The third-order valence-corrected chi connectivity index (χ3v) is 4.08. The van der Waals surface area contributed by atoms with Gasteiger partial charge in [-0.1, -0.05) is 17.7 Å². The maximum absolute atomic E-state index is 6.01. The van der Waals surface area contributed by atoms with Crippen molar-refractivity contribution in [1.29, 1.82) is 0 Å². The summed E-state index contributed by atoms with van der Waals surface area (Å²) in [5.74, 6) is 0.958. The predicted octanol–water partition coefficient (Wildman–Crippen LogP) is 4.51. The smallest absolute Gasteiger partial charge is 0.178 e. The van der Waals surface area contributed by atoms with Crippen LogP contribution in [0.25, 0.3) is 11.2 Å².